The number of rotatable bonds is 4. The molecule has 8 atom stereocenters. The Bertz CT molecular complexity index is 745. The van der Waals surface area contributed by atoms with Crippen LogP contribution in [0.1, 0.15) is 39.5 Å². The number of carbonyl (C=O) groups is 2. The molecule has 0 radical (unpaired) electrons. The summed E-state index contributed by atoms with van der Waals surface area (Å²) >= 11 is 0. The average Bonchev–Trinajstić information content (AvgIpc) is 2.93. The van der Waals surface area contributed by atoms with Gasteiger partial charge in [-0.2, -0.15) is 0 Å². The minimum atomic E-state index is -0.576. The number of hydrogen-bond donors (Lipinski definition) is 4. The minimum absolute atomic E-state index is 0.0145. The standard InChI is InChI=1S/C22H31NO5/c1-21-6-5-14(25)8-13(21)3-4-15-16-7-12(10-23-28)19(18(27)11-24)22(16,2)9-17(26)20(15)21/h5-6,8,12,15-17,19-20,23-24,26,28H,3-4,7,9-11H2,1-2H3. The molecule has 4 aliphatic carbocycles. The first-order chi connectivity index (χ1) is 13.3. The topological polar surface area (TPSA) is 107 Å². The molecular weight excluding hydrogens is 358 g/mol. The van der Waals surface area contributed by atoms with E-state index in [1.807, 2.05) is 6.08 Å². The molecule has 4 N–H and O–H groups in total. The first-order valence-electron chi connectivity index (χ1n) is 10.4. The lowest BCUT2D eigenvalue weighted by Crippen LogP contribution is -2.56. The van der Waals surface area contributed by atoms with Crippen LogP contribution >= 0.6 is 0 Å². The minimum Gasteiger partial charge on any atom is -0.393 e. The smallest absolute Gasteiger partial charge is 0.178 e. The van der Waals surface area contributed by atoms with Gasteiger partial charge >= 0.3 is 0 Å². The van der Waals surface area contributed by atoms with Gasteiger partial charge in [0.15, 0.2) is 11.6 Å². The molecule has 0 aromatic carbocycles. The van der Waals surface area contributed by atoms with E-state index in [1.165, 1.54) is 0 Å². The molecule has 4 rings (SSSR count). The summed E-state index contributed by atoms with van der Waals surface area (Å²) in [6.45, 7) is 4.02. The summed E-state index contributed by atoms with van der Waals surface area (Å²) in [6, 6.07) is 0. The van der Waals surface area contributed by atoms with Crippen LogP contribution in [0.15, 0.2) is 23.8 Å². The highest BCUT2D eigenvalue weighted by Gasteiger charge is 2.64. The van der Waals surface area contributed by atoms with Gasteiger partial charge in [0.05, 0.1) is 6.10 Å². The molecule has 28 heavy (non-hydrogen) atoms. The Balaban J connectivity index is 1.73. The van der Waals surface area contributed by atoms with Crippen LogP contribution in [-0.2, 0) is 9.59 Å². The third-order valence-electron chi connectivity index (χ3n) is 8.53. The van der Waals surface area contributed by atoms with Crippen molar-refractivity contribution in [3.05, 3.63) is 23.8 Å². The lowest BCUT2D eigenvalue weighted by atomic mass is 9.46. The fourth-order valence-corrected chi connectivity index (χ4v) is 7.55. The van der Waals surface area contributed by atoms with E-state index >= 15 is 0 Å². The van der Waals surface area contributed by atoms with Crippen LogP contribution in [-0.4, -0.2) is 46.2 Å². The lowest BCUT2D eigenvalue weighted by molar-refractivity contribution is -0.142. The van der Waals surface area contributed by atoms with Crippen molar-refractivity contribution < 1.29 is 25.0 Å². The number of hydrogen-bond acceptors (Lipinski definition) is 6. The molecule has 8 unspecified atom stereocenters. The van der Waals surface area contributed by atoms with Crippen molar-refractivity contribution in [2.24, 2.45) is 40.4 Å². The molecule has 0 saturated heterocycles. The van der Waals surface area contributed by atoms with Crippen LogP contribution in [0.25, 0.3) is 0 Å². The number of ketones is 2. The summed E-state index contributed by atoms with van der Waals surface area (Å²) in [5.74, 6) is -0.104. The maximum absolute atomic E-state index is 12.7. The maximum Gasteiger partial charge on any atom is 0.178 e. The van der Waals surface area contributed by atoms with Gasteiger partial charge in [0.25, 0.3) is 0 Å². The van der Waals surface area contributed by atoms with Crippen molar-refractivity contribution >= 4 is 11.6 Å². The maximum atomic E-state index is 12.7. The molecule has 0 aromatic heterocycles. The van der Waals surface area contributed by atoms with Gasteiger partial charge in [0.1, 0.15) is 6.61 Å². The second-order valence-corrected chi connectivity index (χ2v) is 9.76. The van der Waals surface area contributed by atoms with E-state index < -0.39 is 18.1 Å². The average molecular weight is 389 g/mol. The van der Waals surface area contributed by atoms with Crippen molar-refractivity contribution in [2.75, 3.05) is 13.2 Å². The molecule has 6 heteroatoms. The SMILES string of the molecule is CC12C=CC(=O)C=C1CCC1C2C(O)CC2(C)C1CC(CNO)C2C(=O)CO. The van der Waals surface area contributed by atoms with Gasteiger partial charge in [-0.25, -0.2) is 5.48 Å². The molecule has 154 valence electrons. The molecule has 0 amide bonds. The molecule has 0 bridgehead atoms. The van der Waals surface area contributed by atoms with Gasteiger partial charge in [0.2, 0.25) is 0 Å². The highest BCUT2D eigenvalue weighted by Crippen LogP contribution is 2.67. The highest BCUT2D eigenvalue weighted by molar-refractivity contribution is 6.01. The number of Topliss-reactive ketones (excluding diaryl/α,β-unsaturated/α-hetero) is 1. The fourth-order valence-electron chi connectivity index (χ4n) is 7.55. The number of aliphatic hydroxyl groups is 2. The molecule has 4 aliphatic rings. The van der Waals surface area contributed by atoms with Crippen molar-refractivity contribution in [2.45, 2.75) is 45.6 Å². The van der Waals surface area contributed by atoms with E-state index in [-0.39, 0.29) is 46.6 Å². The number of hydroxylamine groups is 1. The second-order valence-electron chi connectivity index (χ2n) is 9.76. The number of fused-ring (bicyclic) bond motifs is 5. The number of nitrogens with one attached hydrogen (secondary N) is 1. The van der Waals surface area contributed by atoms with E-state index in [0.717, 1.165) is 24.8 Å². The van der Waals surface area contributed by atoms with E-state index in [1.54, 1.807) is 12.2 Å². The van der Waals surface area contributed by atoms with Gasteiger partial charge in [0, 0.05) is 23.8 Å². The van der Waals surface area contributed by atoms with Crippen LogP contribution in [0.3, 0.4) is 0 Å². The molecule has 3 fully saturated rings. The van der Waals surface area contributed by atoms with Gasteiger partial charge in [-0.3, -0.25) is 9.59 Å². The van der Waals surface area contributed by atoms with Crippen molar-refractivity contribution in [3.8, 4) is 0 Å². The normalized spacial score (nSPS) is 47.2. The largest absolute Gasteiger partial charge is 0.393 e. The summed E-state index contributed by atoms with van der Waals surface area (Å²) in [4.78, 5) is 24.5. The predicted molar refractivity (Wildman–Crippen MR) is 102 cm³/mol. The Morgan fingerprint density at radius 3 is 2.79 bits per heavy atom. The zero-order valence-electron chi connectivity index (χ0n) is 16.6. The number of allylic oxidation sites excluding steroid dienone is 4. The summed E-state index contributed by atoms with van der Waals surface area (Å²) in [7, 11) is 0. The van der Waals surface area contributed by atoms with Crippen molar-refractivity contribution in [3.63, 3.8) is 0 Å². The van der Waals surface area contributed by atoms with Gasteiger partial charge < -0.3 is 15.4 Å². The molecule has 0 aliphatic heterocycles. The lowest BCUT2D eigenvalue weighted by Gasteiger charge is -2.58. The summed E-state index contributed by atoms with van der Waals surface area (Å²) in [5, 5.41) is 30.2. The summed E-state index contributed by atoms with van der Waals surface area (Å²) in [6.07, 6.45) is 7.78. The van der Waals surface area contributed by atoms with Gasteiger partial charge in [-0.1, -0.05) is 25.5 Å². The monoisotopic (exact) mass is 389 g/mol. The highest BCUT2D eigenvalue weighted by atomic mass is 16.5. The van der Waals surface area contributed by atoms with E-state index in [2.05, 4.69) is 19.3 Å². The number of carbonyl (C=O) groups excluding carboxylic acids is 2. The van der Waals surface area contributed by atoms with Crippen LogP contribution in [0.2, 0.25) is 0 Å². The Kier molecular flexibility index (Phi) is 4.90. The van der Waals surface area contributed by atoms with Crippen LogP contribution < -0.4 is 5.48 Å². The predicted octanol–water partition coefficient (Wildman–Crippen LogP) is 1.65. The Hall–Kier alpha value is -1.34. The zero-order valence-corrected chi connectivity index (χ0v) is 16.6. The quantitative estimate of drug-likeness (QED) is 0.545. The van der Waals surface area contributed by atoms with Gasteiger partial charge in [-0.05, 0) is 61.0 Å². The van der Waals surface area contributed by atoms with E-state index in [4.69, 9.17) is 0 Å². The molecule has 0 aromatic rings. The molecule has 3 saturated carbocycles. The van der Waals surface area contributed by atoms with E-state index in [0.29, 0.717) is 13.0 Å². The van der Waals surface area contributed by atoms with Crippen LogP contribution in [0.5, 0.6) is 0 Å². The van der Waals surface area contributed by atoms with E-state index in [9.17, 15) is 25.0 Å². The van der Waals surface area contributed by atoms with Gasteiger partial charge in [-0.15, -0.1) is 0 Å². The summed E-state index contributed by atoms with van der Waals surface area (Å²) in [5.41, 5.74) is 2.61. The van der Waals surface area contributed by atoms with Crippen molar-refractivity contribution in [1.29, 1.82) is 0 Å². The first-order valence-corrected chi connectivity index (χ1v) is 10.4. The zero-order chi connectivity index (χ0) is 20.3. The third-order valence-corrected chi connectivity index (χ3v) is 8.53. The molecular formula is C22H31NO5. The summed E-state index contributed by atoms with van der Waals surface area (Å²) < 4.78 is 0. The van der Waals surface area contributed by atoms with Crippen LogP contribution in [0, 0.1) is 40.4 Å². The fraction of sp³-hybridized carbons (Fsp3) is 0.727. The van der Waals surface area contributed by atoms with Crippen LogP contribution in [0.4, 0.5) is 0 Å². The molecule has 6 nitrogen and oxygen atoms in total. The number of aliphatic hydroxyl groups excluding tert-OH is 2. The Morgan fingerprint density at radius 2 is 2.11 bits per heavy atom. The first kappa shape index (κ1) is 20.0. The second kappa shape index (κ2) is 6.87. The Labute approximate surface area is 165 Å². The molecule has 0 spiro atoms. The Morgan fingerprint density at radius 1 is 1.36 bits per heavy atom. The molecule has 0 heterocycles. The third kappa shape index (κ3) is 2.69. The van der Waals surface area contributed by atoms with Crippen molar-refractivity contribution in [1.82, 2.24) is 5.48 Å².